The van der Waals surface area contributed by atoms with E-state index in [2.05, 4.69) is 5.32 Å². The lowest BCUT2D eigenvalue weighted by Crippen LogP contribution is -2.35. The molecule has 0 radical (unpaired) electrons. The summed E-state index contributed by atoms with van der Waals surface area (Å²) in [5, 5.41) is 3.18. The first kappa shape index (κ1) is 19.0. The third-order valence-electron chi connectivity index (χ3n) is 4.22. The highest BCUT2D eigenvalue weighted by Gasteiger charge is 2.33. The quantitative estimate of drug-likeness (QED) is 0.764. The molecule has 1 amide bonds. The van der Waals surface area contributed by atoms with E-state index in [0.29, 0.717) is 31.1 Å². The molecule has 0 spiro atoms. The zero-order chi connectivity index (χ0) is 18.5. The molecule has 2 fully saturated rings. The summed E-state index contributed by atoms with van der Waals surface area (Å²) in [5.74, 6) is 1.68. The van der Waals surface area contributed by atoms with Gasteiger partial charge < -0.3 is 19.7 Å². The Labute approximate surface area is 162 Å². The molecule has 3 rings (SSSR count). The van der Waals surface area contributed by atoms with Crippen molar-refractivity contribution in [3.05, 3.63) is 24.0 Å². The molecule has 0 unspecified atom stereocenters. The Morgan fingerprint density at radius 2 is 2.23 bits per heavy atom. The predicted molar refractivity (Wildman–Crippen MR) is 106 cm³/mol. The molecule has 142 valence electrons. The molecule has 0 aliphatic carbocycles. The monoisotopic (exact) mass is 399 g/mol. The third-order valence-corrected chi connectivity index (χ3v) is 5.42. The van der Waals surface area contributed by atoms with Crippen LogP contribution in [-0.4, -0.2) is 61.7 Å². The fraction of sp³-hybridized carbons (Fsp3) is 0.529. The minimum atomic E-state index is -0.486. The van der Waals surface area contributed by atoms with Crippen LogP contribution in [0.3, 0.4) is 0 Å². The van der Waals surface area contributed by atoms with Gasteiger partial charge in [-0.05, 0) is 37.3 Å². The van der Waals surface area contributed by atoms with Crippen LogP contribution in [-0.2, 0) is 9.47 Å². The van der Waals surface area contributed by atoms with Crippen molar-refractivity contribution in [2.75, 3.05) is 54.1 Å². The van der Waals surface area contributed by atoms with E-state index in [1.165, 1.54) is 11.0 Å². The number of anilines is 2. The van der Waals surface area contributed by atoms with Crippen molar-refractivity contribution in [3.63, 3.8) is 0 Å². The third kappa shape index (κ3) is 4.50. The normalized spacial score (nSPS) is 20.1. The number of cyclic esters (lactones) is 1. The molecule has 2 aliphatic rings. The number of amides is 1. The molecule has 0 saturated carbocycles. The lowest BCUT2D eigenvalue weighted by Gasteiger charge is -2.29. The molecule has 1 N–H and O–H groups in total. The van der Waals surface area contributed by atoms with Gasteiger partial charge in [-0.15, -0.1) is 0 Å². The van der Waals surface area contributed by atoms with Crippen LogP contribution in [0, 0.1) is 5.82 Å². The second-order valence-electron chi connectivity index (χ2n) is 5.95. The van der Waals surface area contributed by atoms with E-state index in [1.54, 1.807) is 12.1 Å². The number of thiocarbonyl (C=S) groups is 1. The summed E-state index contributed by atoms with van der Waals surface area (Å²) in [5.41, 5.74) is 1.08. The van der Waals surface area contributed by atoms with Crippen molar-refractivity contribution < 1.29 is 18.7 Å². The number of ether oxygens (including phenoxy) is 2. The zero-order valence-electron chi connectivity index (χ0n) is 14.6. The van der Waals surface area contributed by atoms with E-state index in [1.807, 2.05) is 23.6 Å². The summed E-state index contributed by atoms with van der Waals surface area (Å²) < 4.78 is 25.0. The van der Waals surface area contributed by atoms with Gasteiger partial charge in [-0.3, -0.25) is 4.90 Å². The topological polar surface area (TPSA) is 54.0 Å². The molecule has 1 atom stereocenters. The Bertz CT molecular complexity index is 671. The van der Waals surface area contributed by atoms with E-state index in [4.69, 9.17) is 21.7 Å². The maximum atomic E-state index is 14.6. The van der Waals surface area contributed by atoms with Gasteiger partial charge in [0.15, 0.2) is 0 Å². The predicted octanol–water partition coefficient (Wildman–Crippen LogP) is 2.62. The highest BCUT2D eigenvalue weighted by molar-refractivity contribution is 7.99. The van der Waals surface area contributed by atoms with Crippen molar-refractivity contribution in [2.24, 2.45) is 0 Å². The molecule has 2 aliphatic heterocycles. The molecule has 6 nitrogen and oxygen atoms in total. The number of nitrogens with one attached hydrogen (secondary N) is 1. The van der Waals surface area contributed by atoms with E-state index in [0.717, 1.165) is 24.6 Å². The second-order valence-corrected chi connectivity index (χ2v) is 7.55. The summed E-state index contributed by atoms with van der Waals surface area (Å²) >= 11 is 6.87. The van der Waals surface area contributed by atoms with Crippen LogP contribution in [0.5, 0.6) is 0 Å². The fourth-order valence-corrected chi connectivity index (χ4v) is 4.05. The van der Waals surface area contributed by atoms with Crippen LogP contribution in [0.25, 0.3) is 0 Å². The second kappa shape index (κ2) is 8.77. The molecule has 2 saturated heterocycles. The van der Waals surface area contributed by atoms with Crippen LogP contribution in [0.1, 0.15) is 6.92 Å². The van der Waals surface area contributed by atoms with Gasteiger partial charge >= 0.3 is 6.09 Å². The summed E-state index contributed by atoms with van der Waals surface area (Å²) in [6.45, 7) is 4.67. The van der Waals surface area contributed by atoms with Gasteiger partial charge in [-0.1, -0.05) is 0 Å². The molecule has 1 aromatic carbocycles. The van der Waals surface area contributed by atoms with Crippen molar-refractivity contribution in [1.29, 1.82) is 0 Å². The van der Waals surface area contributed by atoms with Crippen LogP contribution < -0.4 is 15.1 Å². The van der Waals surface area contributed by atoms with Crippen LogP contribution in [0.4, 0.5) is 20.6 Å². The number of carbonyl (C=O) groups is 1. The van der Waals surface area contributed by atoms with Gasteiger partial charge in [-0.25, -0.2) is 9.18 Å². The highest BCUT2D eigenvalue weighted by atomic mass is 32.2. The van der Waals surface area contributed by atoms with Crippen molar-refractivity contribution in [2.45, 2.75) is 13.0 Å². The number of halogens is 1. The molecule has 0 aromatic heterocycles. The Kier molecular flexibility index (Phi) is 6.42. The smallest absolute Gasteiger partial charge is 0.414 e. The average molecular weight is 400 g/mol. The van der Waals surface area contributed by atoms with Gasteiger partial charge in [0.25, 0.3) is 5.17 Å². The van der Waals surface area contributed by atoms with Crippen LogP contribution in [0.15, 0.2) is 18.2 Å². The average Bonchev–Trinajstić information content (AvgIpc) is 3.02. The fourth-order valence-electron chi connectivity index (χ4n) is 2.94. The number of thioether (sulfide) groups is 1. The van der Waals surface area contributed by atoms with Gasteiger partial charge in [0.05, 0.1) is 31.1 Å². The molecule has 1 aromatic rings. The lowest BCUT2D eigenvalue weighted by molar-refractivity contribution is 0.141. The number of benzene rings is 1. The first-order valence-corrected chi connectivity index (χ1v) is 10.2. The van der Waals surface area contributed by atoms with E-state index < -0.39 is 6.09 Å². The summed E-state index contributed by atoms with van der Waals surface area (Å²) in [7, 11) is 0. The minimum absolute atomic E-state index is 0.275. The first-order chi connectivity index (χ1) is 12.6. The molecular formula is C17H22FN3O3S2. The number of nitrogens with zero attached hydrogens (tertiary/aromatic N) is 2. The molecule has 9 heteroatoms. The summed E-state index contributed by atoms with van der Waals surface area (Å²) in [4.78, 5) is 15.6. The lowest BCUT2D eigenvalue weighted by atomic mass is 10.2. The summed E-state index contributed by atoms with van der Waals surface area (Å²) in [6, 6.07) is 4.91. The maximum Gasteiger partial charge on any atom is 0.414 e. The maximum absolute atomic E-state index is 14.6. The number of hydrogen-bond donors (Lipinski definition) is 1. The largest absolute Gasteiger partial charge is 0.471 e. The Balaban J connectivity index is 1.62. The van der Waals surface area contributed by atoms with Crippen molar-refractivity contribution in [3.8, 4) is 0 Å². The minimum Gasteiger partial charge on any atom is -0.471 e. The Morgan fingerprint density at radius 1 is 1.46 bits per heavy atom. The molecular weight excluding hydrogens is 377 g/mol. The molecule has 26 heavy (non-hydrogen) atoms. The van der Waals surface area contributed by atoms with Crippen LogP contribution >= 0.6 is 24.0 Å². The number of rotatable bonds is 5. The molecule has 0 bridgehead atoms. The van der Waals surface area contributed by atoms with Gasteiger partial charge in [0.1, 0.15) is 11.9 Å². The Hall–Kier alpha value is -1.74. The number of hydrogen-bond acceptors (Lipinski definition) is 6. The van der Waals surface area contributed by atoms with E-state index in [-0.39, 0.29) is 17.1 Å². The summed E-state index contributed by atoms with van der Waals surface area (Å²) in [6.07, 6.45) is -0.858. The van der Waals surface area contributed by atoms with Crippen molar-refractivity contribution in [1.82, 2.24) is 5.32 Å². The number of carbonyl (C=O) groups excluding carboxylic acids is 1. The van der Waals surface area contributed by atoms with Gasteiger partial charge in [0, 0.05) is 24.6 Å². The zero-order valence-corrected chi connectivity index (χ0v) is 16.2. The standard InChI is InChI=1S/C17H22FN3O3S2/c1-2-23-16(25)19-10-13-11-21(17(22)24-13)12-3-4-15(14(18)9-12)20-5-7-26-8-6-20/h3-4,9,13H,2,5-8,10-11H2,1H3,(H,19,25)/t13-/m0/s1. The first-order valence-electron chi connectivity index (χ1n) is 8.59. The molecule has 2 heterocycles. The van der Waals surface area contributed by atoms with Gasteiger partial charge in [0.2, 0.25) is 0 Å². The van der Waals surface area contributed by atoms with Crippen molar-refractivity contribution >= 4 is 46.6 Å². The SMILES string of the molecule is CCOC(=S)NC[C@H]1CN(c2ccc(N3CCSCC3)c(F)c2)C(=O)O1. The van der Waals surface area contributed by atoms with E-state index >= 15 is 0 Å². The highest BCUT2D eigenvalue weighted by Crippen LogP contribution is 2.29. The Morgan fingerprint density at radius 3 is 2.92 bits per heavy atom. The van der Waals surface area contributed by atoms with E-state index in [9.17, 15) is 9.18 Å². The van der Waals surface area contributed by atoms with Gasteiger partial charge in [-0.2, -0.15) is 11.8 Å². The van der Waals surface area contributed by atoms with Crippen LogP contribution in [0.2, 0.25) is 0 Å².